The molecule has 7 heteroatoms. The molecule has 4 rings (SSSR count). The Bertz CT molecular complexity index is 875. The molecule has 24 heavy (non-hydrogen) atoms. The van der Waals surface area contributed by atoms with E-state index in [0.29, 0.717) is 5.82 Å². The fourth-order valence-corrected chi connectivity index (χ4v) is 3.12. The number of benzene rings is 1. The first-order chi connectivity index (χ1) is 11.7. The summed E-state index contributed by atoms with van der Waals surface area (Å²) in [5.74, 6) is 0.726. The van der Waals surface area contributed by atoms with Gasteiger partial charge in [-0.2, -0.15) is 5.10 Å². The van der Waals surface area contributed by atoms with Crippen molar-refractivity contribution in [3.05, 3.63) is 42.9 Å². The van der Waals surface area contributed by atoms with Gasteiger partial charge in [-0.25, -0.2) is 9.97 Å². The van der Waals surface area contributed by atoms with E-state index in [4.69, 9.17) is 0 Å². The highest BCUT2D eigenvalue weighted by atomic mass is 16.2. The van der Waals surface area contributed by atoms with E-state index in [1.165, 1.54) is 6.33 Å². The Morgan fingerprint density at radius 2 is 2.04 bits per heavy atom. The quantitative estimate of drug-likeness (QED) is 0.798. The standard InChI is InChI=1S/C17H18N6O/c1-22-16-13(10-20-22)15(18-11-19-16)21-14-8-5-9-23(17(14)24)12-6-3-2-4-7-12/h2-4,6-7,10-11,14H,5,8-9H2,1H3,(H,18,19,21)/t14-/m1/s1. The summed E-state index contributed by atoms with van der Waals surface area (Å²) >= 11 is 0. The topological polar surface area (TPSA) is 75.9 Å². The number of carbonyl (C=O) groups excluding carboxylic acids is 1. The zero-order valence-corrected chi connectivity index (χ0v) is 13.4. The highest BCUT2D eigenvalue weighted by molar-refractivity contribution is 6.00. The van der Waals surface area contributed by atoms with Gasteiger partial charge in [0.2, 0.25) is 5.91 Å². The normalized spacial score (nSPS) is 18.1. The van der Waals surface area contributed by atoms with Crippen molar-refractivity contribution < 1.29 is 4.79 Å². The van der Waals surface area contributed by atoms with E-state index in [0.717, 1.165) is 36.1 Å². The van der Waals surface area contributed by atoms with E-state index < -0.39 is 0 Å². The minimum atomic E-state index is -0.294. The maximum atomic E-state index is 12.9. The number of carbonyl (C=O) groups is 1. The van der Waals surface area contributed by atoms with E-state index in [1.807, 2.05) is 42.3 Å². The molecule has 2 aromatic heterocycles. The van der Waals surface area contributed by atoms with Crippen molar-refractivity contribution in [1.29, 1.82) is 0 Å². The molecule has 0 saturated carbocycles. The Balaban J connectivity index is 1.61. The minimum Gasteiger partial charge on any atom is -0.358 e. The van der Waals surface area contributed by atoms with Crippen LogP contribution in [-0.2, 0) is 11.8 Å². The molecule has 122 valence electrons. The molecule has 7 nitrogen and oxygen atoms in total. The number of aryl methyl sites for hydroxylation is 1. The molecule has 1 aliphatic heterocycles. The highest BCUT2D eigenvalue weighted by Gasteiger charge is 2.30. The number of aromatic nitrogens is 4. The van der Waals surface area contributed by atoms with Crippen LogP contribution in [0.2, 0.25) is 0 Å². The lowest BCUT2D eigenvalue weighted by Crippen LogP contribution is -2.47. The molecule has 1 saturated heterocycles. The summed E-state index contributed by atoms with van der Waals surface area (Å²) in [5.41, 5.74) is 1.68. The number of piperidine rings is 1. The number of nitrogens with one attached hydrogen (secondary N) is 1. The molecular formula is C17H18N6O. The van der Waals surface area contributed by atoms with E-state index in [1.54, 1.807) is 10.9 Å². The molecule has 0 spiro atoms. The largest absolute Gasteiger partial charge is 0.358 e. The van der Waals surface area contributed by atoms with E-state index in [2.05, 4.69) is 20.4 Å². The average molecular weight is 322 g/mol. The maximum Gasteiger partial charge on any atom is 0.249 e. The maximum absolute atomic E-state index is 12.9. The molecule has 0 bridgehead atoms. The summed E-state index contributed by atoms with van der Waals surface area (Å²) in [4.78, 5) is 23.2. The van der Waals surface area contributed by atoms with Crippen LogP contribution in [0.25, 0.3) is 11.0 Å². The van der Waals surface area contributed by atoms with E-state index in [9.17, 15) is 4.79 Å². The van der Waals surface area contributed by atoms with Gasteiger partial charge in [-0.05, 0) is 25.0 Å². The van der Waals surface area contributed by atoms with Gasteiger partial charge in [0.15, 0.2) is 5.65 Å². The van der Waals surface area contributed by atoms with Gasteiger partial charge in [-0.1, -0.05) is 18.2 Å². The first-order valence-electron chi connectivity index (χ1n) is 8.00. The molecule has 0 radical (unpaired) electrons. The van der Waals surface area contributed by atoms with Gasteiger partial charge in [-0.15, -0.1) is 0 Å². The molecule has 1 N–H and O–H groups in total. The Morgan fingerprint density at radius 3 is 2.88 bits per heavy atom. The first kappa shape index (κ1) is 14.6. The third-order valence-electron chi connectivity index (χ3n) is 4.35. The predicted molar refractivity (Wildman–Crippen MR) is 91.7 cm³/mol. The minimum absolute atomic E-state index is 0.0723. The SMILES string of the molecule is Cn1ncc2c(N[C@@H]3CCCN(c4ccccc4)C3=O)ncnc21. The molecule has 1 atom stereocenters. The molecule has 1 fully saturated rings. The second-order valence-corrected chi connectivity index (χ2v) is 5.89. The van der Waals surface area contributed by atoms with Crippen molar-refractivity contribution in [2.45, 2.75) is 18.9 Å². The number of hydrogen-bond acceptors (Lipinski definition) is 5. The van der Waals surface area contributed by atoms with Crippen molar-refractivity contribution in [3.8, 4) is 0 Å². The summed E-state index contributed by atoms with van der Waals surface area (Å²) in [5, 5.41) is 8.32. The molecule has 3 aromatic rings. The van der Waals surface area contributed by atoms with Crippen molar-refractivity contribution in [3.63, 3.8) is 0 Å². The predicted octanol–water partition coefficient (Wildman–Crippen LogP) is 1.97. The number of para-hydroxylation sites is 1. The van der Waals surface area contributed by atoms with Gasteiger partial charge in [0, 0.05) is 19.3 Å². The third kappa shape index (κ3) is 2.47. The van der Waals surface area contributed by atoms with Crippen LogP contribution in [0.15, 0.2) is 42.9 Å². The number of nitrogens with zero attached hydrogens (tertiary/aromatic N) is 5. The van der Waals surface area contributed by atoms with Crippen LogP contribution in [0.5, 0.6) is 0 Å². The van der Waals surface area contributed by atoms with E-state index >= 15 is 0 Å². The van der Waals surface area contributed by atoms with Crippen LogP contribution in [0.4, 0.5) is 11.5 Å². The summed E-state index contributed by atoms with van der Waals surface area (Å²) in [6.07, 6.45) is 4.95. The molecule has 1 amide bonds. The summed E-state index contributed by atoms with van der Waals surface area (Å²) in [6.45, 7) is 0.743. The van der Waals surface area contributed by atoms with Gasteiger partial charge < -0.3 is 10.2 Å². The van der Waals surface area contributed by atoms with Crippen LogP contribution >= 0.6 is 0 Å². The molecular weight excluding hydrogens is 304 g/mol. The molecule has 1 aromatic carbocycles. The van der Waals surface area contributed by atoms with Gasteiger partial charge in [0.25, 0.3) is 0 Å². The Kier molecular flexibility index (Phi) is 3.60. The average Bonchev–Trinajstić information content (AvgIpc) is 3.00. The number of hydrogen-bond donors (Lipinski definition) is 1. The van der Waals surface area contributed by atoms with Gasteiger partial charge in [0.1, 0.15) is 18.2 Å². The van der Waals surface area contributed by atoms with Gasteiger partial charge in [0.05, 0.1) is 11.6 Å². The number of amides is 1. The lowest BCUT2D eigenvalue weighted by atomic mass is 10.0. The number of fused-ring (bicyclic) bond motifs is 1. The zero-order valence-electron chi connectivity index (χ0n) is 13.4. The Labute approximate surface area is 139 Å². The number of anilines is 2. The summed E-state index contributed by atoms with van der Waals surface area (Å²) < 4.78 is 1.70. The molecule has 1 aliphatic rings. The Morgan fingerprint density at radius 1 is 1.21 bits per heavy atom. The van der Waals surface area contributed by atoms with Crippen LogP contribution in [0.3, 0.4) is 0 Å². The lowest BCUT2D eigenvalue weighted by Gasteiger charge is -2.33. The monoisotopic (exact) mass is 322 g/mol. The van der Waals surface area contributed by atoms with Crippen LogP contribution in [0, 0.1) is 0 Å². The van der Waals surface area contributed by atoms with Crippen molar-refractivity contribution in [1.82, 2.24) is 19.7 Å². The summed E-state index contributed by atoms with van der Waals surface area (Å²) in [7, 11) is 1.84. The zero-order chi connectivity index (χ0) is 16.5. The number of rotatable bonds is 3. The van der Waals surface area contributed by atoms with Crippen molar-refractivity contribution in [2.24, 2.45) is 7.05 Å². The molecule has 3 heterocycles. The van der Waals surface area contributed by atoms with Crippen molar-refractivity contribution in [2.75, 3.05) is 16.8 Å². The molecule has 0 aliphatic carbocycles. The van der Waals surface area contributed by atoms with Crippen LogP contribution < -0.4 is 10.2 Å². The molecule has 0 unspecified atom stereocenters. The van der Waals surface area contributed by atoms with Crippen molar-refractivity contribution >= 4 is 28.4 Å². The second kappa shape index (κ2) is 5.92. The Hall–Kier alpha value is -2.96. The second-order valence-electron chi connectivity index (χ2n) is 5.89. The smallest absolute Gasteiger partial charge is 0.249 e. The fourth-order valence-electron chi connectivity index (χ4n) is 3.12. The van der Waals surface area contributed by atoms with E-state index in [-0.39, 0.29) is 11.9 Å². The fraction of sp³-hybridized carbons (Fsp3) is 0.294. The third-order valence-corrected chi connectivity index (χ3v) is 4.35. The van der Waals surface area contributed by atoms with Crippen LogP contribution in [0.1, 0.15) is 12.8 Å². The van der Waals surface area contributed by atoms with Gasteiger partial charge >= 0.3 is 0 Å². The summed E-state index contributed by atoms with van der Waals surface area (Å²) in [6, 6.07) is 9.48. The highest BCUT2D eigenvalue weighted by Crippen LogP contribution is 2.24. The van der Waals surface area contributed by atoms with Gasteiger partial charge in [-0.3, -0.25) is 9.48 Å². The lowest BCUT2D eigenvalue weighted by molar-refractivity contribution is -0.120. The van der Waals surface area contributed by atoms with Crippen LogP contribution in [-0.4, -0.2) is 38.2 Å². The first-order valence-corrected chi connectivity index (χ1v) is 8.00.